The van der Waals surface area contributed by atoms with E-state index in [0.29, 0.717) is 13.0 Å². The number of carboxylic acid groups (broad SMARTS) is 1. The molecule has 15 nitrogen and oxygen atoms in total. The summed E-state index contributed by atoms with van der Waals surface area (Å²) in [5.74, 6) is -5.64. The van der Waals surface area contributed by atoms with Crippen molar-refractivity contribution in [3.8, 4) is 0 Å². The van der Waals surface area contributed by atoms with Crippen molar-refractivity contribution < 1.29 is 38.7 Å². The molecule has 0 unspecified atom stereocenters. The number of carbonyl (C=O) groups excluding carboxylic acids is 6. The highest BCUT2D eigenvalue weighted by Gasteiger charge is 2.30. The van der Waals surface area contributed by atoms with E-state index >= 15 is 0 Å². The molecule has 202 valence electrons. The predicted octanol–water partition coefficient (Wildman–Crippen LogP) is -3.67. The van der Waals surface area contributed by atoms with Gasteiger partial charge in [0.2, 0.25) is 35.4 Å². The van der Waals surface area contributed by atoms with Gasteiger partial charge in [-0.3, -0.25) is 28.8 Å². The number of hydrogen-bond acceptors (Lipinski definition) is 8. The Morgan fingerprint density at radius 2 is 1.31 bits per heavy atom. The number of hydrogen-bond donors (Lipinski definition) is 8. The molecule has 0 spiro atoms. The molecule has 1 aliphatic rings. The lowest BCUT2D eigenvalue weighted by atomic mass is 10.1. The maximum Gasteiger partial charge on any atom is 0.326 e. The van der Waals surface area contributed by atoms with E-state index in [1.54, 1.807) is 0 Å². The van der Waals surface area contributed by atoms with E-state index < -0.39 is 59.7 Å². The highest BCUT2D eigenvalue weighted by atomic mass is 16.4. The van der Waals surface area contributed by atoms with E-state index in [0.717, 1.165) is 6.42 Å². The molecule has 1 rings (SSSR count). The van der Waals surface area contributed by atoms with Gasteiger partial charge in [0.05, 0.1) is 6.04 Å². The molecule has 1 fully saturated rings. The van der Waals surface area contributed by atoms with Crippen molar-refractivity contribution in [1.82, 2.24) is 26.6 Å². The summed E-state index contributed by atoms with van der Waals surface area (Å²) >= 11 is 0. The van der Waals surface area contributed by atoms with Gasteiger partial charge < -0.3 is 43.2 Å². The van der Waals surface area contributed by atoms with Crippen molar-refractivity contribution in [2.24, 2.45) is 11.5 Å². The van der Waals surface area contributed by atoms with E-state index in [-0.39, 0.29) is 37.6 Å². The molecule has 1 aliphatic heterocycles. The molecule has 0 aliphatic carbocycles. The zero-order valence-electron chi connectivity index (χ0n) is 20.3. The lowest BCUT2D eigenvalue weighted by Crippen LogP contribution is -2.57. The maximum absolute atomic E-state index is 12.7. The molecule has 0 aromatic carbocycles. The Hall–Kier alpha value is -3.75. The number of carbonyl (C=O) groups is 7. The molecule has 0 saturated carbocycles. The number of nitrogens with one attached hydrogen (secondary N) is 5. The molecular formula is C21H35N7O8. The van der Waals surface area contributed by atoms with Gasteiger partial charge in [0.25, 0.3) is 0 Å². The van der Waals surface area contributed by atoms with Crippen molar-refractivity contribution in [3.63, 3.8) is 0 Å². The van der Waals surface area contributed by atoms with Crippen LogP contribution in [0.15, 0.2) is 0 Å². The standard InChI is InChI=1S/C21H35N7O8/c1-10(26-19(33)12-4-3-9-24-12)17(31)25-11(2)18(32)27-13(5-7-15(22)29)20(34)28-14(21(35)36)6-8-16(23)30/h10-14,24H,3-9H2,1-2H3,(H2,22,29)(H2,23,30)(H,25,31)(H,26,33)(H,27,32)(H,28,34)(H,35,36)/t10-,11-,12-,13-,14-/m0/s1. The Kier molecular flexibility index (Phi) is 12.3. The third kappa shape index (κ3) is 10.7. The molecule has 36 heavy (non-hydrogen) atoms. The Morgan fingerprint density at radius 3 is 1.81 bits per heavy atom. The molecule has 10 N–H and O–H groups in total. The summed E-state index contributed by atoms with van der Waals surface area (Å²) in [4.78, 5) is 83.4. The van der Waals surface area contributed by atoms with Crippen LogP contribution in [-0.4, -0.2) is 83.3 Å². The summed E-state index contributed by atoms with van der Waals surface area (Å²) in [7, 11) is 0. The summed E-state index contributed by atoms with van der Waals surface area (Å²) in [6.45, 7) is 3.50. The van der Waals surface area contributed by atoms with Crippen LogP contribution in [0, 0.1) is 0 Å². The molecule has 0 bridgehead atoms. The first-order valence-corrected chi connectivity index (χ1v) is 11.6. The number of nitrogens with two attached hydrogens (primary N) is 2. The van der Waals surface area contributed by atoms with Crippen molar-refractivity contribution in [2.45, 2.75) is 82.6 Å². The fourth-order valence-corrected chi connectivity index (χ4v) is 3.36. The van der Waals surface area contributed by atoms with Crippen molar-refractivity contribution in [3.05, 3.63) is 0 Å². The molecule has 0 aromatic rings. The van der Waals surface area contributed by atoms with Crippen LogP contribution in [0.5, 0.6) is 0 Å². The molecule has 1 heterocycles. The molecule has 0 aromatic heterocycles. The zero-order chi connectivity index (χ0) is 27.4. The highest BCUT2D eigenvalue weighted by Crippen LogP contribution is 2.05. The first kappa shape index (κ1) is 30.3. The third-order valence-corrected chi connectivity index (χ3v) is 5.49. The quantitative estimate of drug-likeness (QED) is 0.107. The Bertz CT molecular complexity index is 859. The SMILES string of the molecule is C[C@H](NC(=O)[C@H](C)NC(=O)[C@@H]1CCCN1)C(=O)N[C@@H](CCC(N)=O)C(=O)N[C@@H](CCC(N)=O)C(=O)O. The Morgan fingerprint density at radius 1 is 0.806 bits per heavy atom. The molecule has 5 atom stereocenters. The topological polar surface area (TPSA) is 252 Å². The van der Waals surface area contributed by atoms with Crippen LogP contribution in [-0.2, 0) is 33.6 Å². The van der Waals surface area contributed by atoms with E-state index in [9.17, 15) is 38.7 Å². The minimum absolute atomic E-state index is 0.240. The maximum atomic E-state index is 12.7. The molecule has 6 amide bonds. The third-order valence-electron chi connectivity index (χ3n) is 5.49. The monoisotopic (exact) mass is 513 g/mol. The van der Waals surface area contributed by atoms with Crippen LogP contribution in [0.25, 0.3) is 0 Å². The number of primary amides is 2. The van der Waals surface area contributed by atoms with Crippen LogP contribution in [0.4, 0.5) is 0 Å². The first-order chi connectivity index (χ1) is 16.8. The summed E-state index contributed by atoms with van der Waals surface area (Å²) in [6.07, 6.45) is 0.383. The smallest absolute Gasteiger partial charge is 0.326 e. The van der Waals surface area contributed by atoms with Crippen LogP contribution in [0.1, 0.15) is 52.4 Å². The van der Waals surface area contributed by atoms with Gasteiger partial charge in [-0.25, -0.2) is 4.79 Å². The minimum Gasteiger partial charge on any atom is -0.480 e. The van der Waals surface area contributed by atoms with E-state index in [2.05, 4.69) is 26.6 Å². The van der Waals surface area contributed by atoms with Crippen LogP contribution in [0.2, 0.25) is 0 Å². The van der Waals surface area contributed by atoms with E-state index in [1.165, 1.54) is 13.8 Å². The van der Waals surface area contributed by atoms with E-state index in [1.807, 2.05) is 0 Å². The number of amides is 6. The second kappa shape index (κ2) is 14.6. The second-order valence-corrected chi connectivity index (χ2v) is 8.58. The number of carboxylic acids is 1. The largest absolute Gasteiger partial charge is 0.480 e. The average Bonchev–Trinajstić information content (AvgIpc) is 3.33. The highest BCUT2D eigenvalue weighted by molar-refractivity contribution is 5.95. The Balaban J connectivity index is 2.74. The average molecular weight is 514 g/mol. The molecule has 0 radical (unpaired) electrons. The van der Waals surface area contributed by atoms with Gasteiger partial charge in [-0.1, -0.05) is 0 Å². The zero-order valence-corrected chi connectivity index (χ0v) is 20.3. The fourth-order valence-electron chi connectivity index (χ4n) is 3.36. The van der Waals surface area contributed by atoms with Gasteiger partial charge in [-0.05, 0) is 46.1 Å². The lowest BCUT2D eigenvalue weighted by molar-refractivity contribution is -0.142. The number of aliphatic carboxylic acids is 1. The normalized spacial score (nSPS) is 18.1. The summed E-state index contributed by atoms with van der Waals surface area (Å²) in [5, 5.41) is 21.8. The van der Waals surface area contributed by atoms with Crippen molar-refractivity contribution >= 4 is 41.4 Å². The second-order valence-electron chi connectivity index (χ2n) is 8.58. The van der Waals surface area contributed by atoms with Gasteiger partial charge in [-0.2, -0.15) is 0 Å². The summed E-state index contributed by atoms with van der Waals surface area (Å²) < 4.78 is 0. The van der Waals surface area contributed by atoms with Gasteiger partial charge in [-0.15, -0.1) is 0 Å². The van der Waals surface area contributed by atoms with Gasteiger partial charge >= 0.3 is 5.97 Å². The van der Waals surface area contributed by atoms with Crippen molar-refractivity contribution in [2.75, 3.05) is 6.54 Å². The van der Waals surface area contributed by atoms with Gasteiger partial charge in [0, 0.05) is 12.8 Å². The van der Waals surface area contributed by atoms with Crippen LogP contribution < -0.4 is 38.1 Å². The Labute approximate surface area is 207 Å². The van der Waals surface area contributed by atoms with E-state index in [4.69, 9.17) is 11.5 Å². The first-order valence-electron chi connectivity index (χ1n) is 11.6. The number of rotatable bonds is 15. The lowest BCUT2D eigenvalue weighted by Gasteiger charge is -2.24. The van der Waals surface area contributed by atoms with Gasteiger partial charge in [0.15, 0.2) is 0 Å². The van der Waals surface area contributed by atoms with Crippen molar-refractivity contribution in [1.29, 1.82) is 0 Å². The van der Waals surface area contributed by atoms with Crippen LogP contribution in [0.3, 0.4) is 0 Å². The van der Waals surface area contributed by atoms with Gasteiger partial charge in [0.1, 0.15) is 24.2 Å². The predicted molar refractivity (Wildman–Crippen MR) is 125 cm³/mol. The summed E-state index contributed by atoms with van der Waals surface area (Å²) in [6, 6.07) is -5.29. The summed E-state index contributed by atoms with van der Waals surface area (Å²) in [5.41, 5.74) is 10.1. The minimum atomic E-state index is -1.46. The molecular weight excluding hydrogens is 478 g/mol. The molecule has 1 saturated heterocycles. The molecule has 15 heteroatoms. The van der Waals surface area contributed by atoms with Crippen LogP contribution >= 0.6 is 0 Å². The fraction of sp³-hybridized carbons (Fsp3) is 0.667.